The van der Waals surface area contributed by atoms with E-state index in [9.17, 15) is 0 Å². The maximum Gasteiger partial charge on any atom is 0.230 e. The molecule has 152 valence electrons. The molecule has 0 bridgehead atoms. The SMILES string of the molecule is Cc1nc2c3c(ncn2n1)Oc1c(c(C)nn1-c1ccccc1)[C@@H]3c1ccccc1Cl. The van der Waals surface area contributed by atoms with Crippen LogP contribution in [0.15, 0.2) is 60.9 Å². The van der Waals surface area contributed by atoms with Crippen molar-refractivity contribution in [2.45, 2.75) is 19.8 Å². The molecule has 0 saturated carbocycles. The molecule has 0 spiro atoms. The number of ether oxygens (including phenoxy) is 1. The van der Waals surface area contributed by atoms with Crippen molar-refractivity contribution >= 4 is 17.2 Å². The summed E-state index contributed by atoms with van der Waals surface area (Å²) < 4.78 is 9.86. The summed E-state index contributed by atoms with van der Waals surface area (Å²) in [4.78, 5) is 9.22. The Morgan fingerprint density at radius 3 is 2.52 bits per heavy atom. The van der Waals surface area contributed by atoms with Crippen LogP contribution in [0.3, 0.4) is 0 Å². The first-order valence-corrected chi connectivity index (χ1v) is 10.3. The molecule has 0 amide bonds. The summed E-state index contributed by atoms with van der Waals surface area (Å²) in [6.07, 6.45) is 1.62. The Balaban J connectivity index is 1.70. The van der Waals surface area contributed by atoms with Crippen molar-refractivity contribution in [3.05, 3.63) is 94.2 Å². The van der Waals surface area contributed by atoms with Crippen molar-refractivity contribution < 1.29 is 4.74 Å². The Morgan fingerprint density at radius 2 is 1.71 bits per heavy atom. The minimum absolute atomic E-state index is 0.246. The summed E-state index contributed by atoms with van der Waals surface area (Å²) in [5.74, 6) is 1.53. The predicted octanol–water partition coefficient (Wildman–Crippen LogP) is 4.87. The molecule has 2 aromatic carbocycles. The highest BCUT2D eigenvalue weighted by Gasteiger charge is 2.38. The van der Waals surface area contributed by atoms with Crippen molar-refractivity contribution in [1.82, 2.24) is 29.4 Å². The molecule has 0 unspecified atom stereocenters. The van der Waals surface area contributed by atoms with Crippen molar-refractivity contribution in [1.29, 1.82) is 0 Å². The maximum absolute atomic E-state index is 6.69. The van der Waals surface area contributed by atoms with Gasteiger partial charge in [-0.05, 0) is 37.6 Å². The fourth-order valence-corrected chi connectivity index (χ4v) is 4.49. The van der Waals surface area contributed by atoms with Gasteiger partial charge >= 0.3 is 0 Å². The summed E-state index contributed by atoms with van der Waals surface area (Å²) >= 11 is 6.69. The molecule has 5 aromatic rings. The van der Waals surface area contributed by atoms with Gasteiger partial charge in [0, 0.05) is 5.02 Å². The van der Waals surface area contributed by atoms with E-state index < -0.39 is 0 Å². The van der Waals surface area contributed by atoms with Gasteiger partial charge in [-0.1, -0.05) is 48.0 Å². The Hall–Kier alpha value is -3.71. The number of nitrogens with zero attached hydrogens (tertiary/aromatic N) is 6. The first kappa shape index (κ1) is 18.1. The standard InChI is InChI=1S/C23H17ClN6O/c1-13-18-19(16-10-6-7-11-17(16)24)20-21-26-14(2)28-29(21)12-25-22(20)31-23(18)30(27-13)15-8-4-3-5-9-15/h3-12,19H,1-2H3/t19-/m0/s1. The summed E-state index contributed by atoms with van der Waals surface area (Å²) in [7, 11) is 0. The molecule has 1 aliphatic rings. The molecule has 0 radical (unpaired) electrons. The maximum atomic E-state index is 6.69. The van der Waals surface area contributed by atoms with Crippen molar-refractivity contribution in [2.24, 2.45) is 0 Å². The Kier molecular flexibility index (Phi) is 3.88. The summed E-state index contributed by atoms with van der Waals surface area (Å²) in [5, 5.41) is 9.91. The second-order valence-electron chi connectivity index (χ2n) is 7.50. The third-order valence-electron chi connectivity index (χ3n) is 5.54. The topological polar surface area (TPSA) is 70.1 Å². The van der Waals surface area contributed by atoms with Gasteiger partial charge in [0.15, 0.2) is 5.65 Å². The number of fused-ring (bicyclic) bond motifs is 4. The van der Waals surface area contributed by atoms with Crippen LogP contribution in [-0.4, -0.2) is 29.4 Å². The number of rotatable bonds is 2. The van der Waals surface area contributed by atoms with E-state index in [1.165, 1.54) is 0 Å². The highest BCUT2D eigenvalue weighted by molar-refractivity contribution is 6.31. The van der Waals surface area contributed by atoms with Crippen molar-refractivity contribution in [3.63, 3.8) is 0 Å². The minimum atomic E-state index is -0.246. The monoisotopic (exact) mass is 428 g/mol. The van der Waals surface area contributed by atoms with Gasteiger partial charge in [0.1, 0.15) is 12.2 Å². The van der Waals surface area contributed by atoms with Crippen LogP contribution in [0.2, 0.25) is 5.02 Å². The van der Waals surface area contributed by atoms with Gasteiger partial charge in [-0.25, -0.2) is 19.2 Å². The lowest BCUT2D eigenvalue weighted by Gasteiger charge is -2.27. The third kappa shape index (κ3) is 2.67. The number of aromatic nitrogens is 6. The van der Waals surface area contributed by atoms with E-state index >= 15 is 0 Å². The summed E-state index contributed by atoms with van der Waals surface area (Å²) in [5.41, 5.74) is 5.19. The first-order valence-electron chi connectivity index (χ1n) is 9.91. The molecular formula is C23H17ClN6O. The van der Waals surface area contributed by atoms with E-state index in [4.69, 9.17) is 21.4 Å². The van der Waals surface area contributed by atoms with Crippen LogP contribution in [0.25, 0.3) is 11.3 Å². The molecule has 31 heavy (non-hydrogen) atoms. The van der Waals surface area contributed by atoms with Crippen LogP contribution in [0.5, 0.6) is 11.8 Å². The summed E-state index contributed by atoms with van der Waals surface area (Å²) in [6.45, 7) is 3.84. The van der Waals surface area contributed by atoms with Crippen molar-refractivity contribution in [3.8, 4) is 17.4 Å². The quantitative estimate of drug-likeness (QED) is 0.393. The molecule has 1 atom stereocenters. The average Bonchev–Trinajstić information content (AvgIpc) is 3.32. The van der Waals surface area contributed by atoms with Crippen LogP contribution in [0, 0.1) is 13.8 Å². The zero-order chi connectivity index (χ0) is 21.1. The molecule has 0 N–H and O–H groups in total. The van der Waals surface area contributed by atoms with Gasteiger partial charge in [0.2, 0.25) is 11.8 Å². The largest absolute Gasteiger partial charge is 0.420 e. The van der Waals surface area contributed by atoms with E-state index in [2.05, 4.69) is 15.1 Å². The zero-order valence-electron chi connectivity index (χ0n) is 16.8. The Bertz CT molecular complexity index is 1460. The van der Waals surface area contributed by atoms with Crippen LogP contribution in [0.1, 0.15) is 34.1 Å². The van der Waals surface area contributed by atoms with Crippen molar-refractivity contribution in [2.75, 3.05) is 0 Å². The number of aryl methyl sites for hydroxylation is 2. The van der Waals surface area contributed by atoms with Crippen LogP contribution < -0.4 is 4.74 Å². The lowest BCUT2D eigenvalue weighted by molar-refractivity contribution is 0.402. The van der Waals surface area contributed by atoms with Gasteiger partial charge < -0.3 is 4.74 Å². The molecule has 1 aliphatic heterocycles. The van der Waals surface area contributed by atoms with Crippen LogP contribution in [-0.2, 0) is 0 Å². The molecule has 4 heterocycles. The zero-order valence-corrected chi connectivity index (χ0v) is 17.6. The average molecular weight is 429 g/mol. The fourth-order valence-electron chi connectivity index (χ4n) is 4.25. The first-order chi connectivity index (χ1) is 15.1. The van der Waals surface area contributed by atoms with Crippen LogP contribution in [0.4, 0.5) is 0 Å². The Morgan fingerprint density at radius 1 is 0.935 bits per heavy atom. The number of para-hydroxylation sites is 1. The highest BCUT2D eigenvalue weighted by Crippen LogP contribution is 2.50. The smallest absolute Gasteiger partial charge is 0.230 e. The fraction of sp³-hybridized carbons (Fsp3) is 0.130. The predicted molar refractivity (Wildman–Crippen MR) is 116 cm³/mol. The lowest BCUT2D eigenvalue weighted by atomic mass is 9.84. The van der Waals surface area contributed by atoms with E-state index in [-0.39, 0.29) is 5.92 Å². The molecular weight excluding hydrogens is 412 g/mol. The van der Waals surface area contributed by atoms with Crippen LogP contribution >= 0.6 is 11.6 Å². The number of hydrogen-bond donors (Lipinski definition) is 0. The van der Waals surface area contributed by atoms with E-state index in [0.717, 1.165) is 28.1 Å². The Labute approximate surface area is 182 Å². The lowest BCUT2D eigenvalue weighted by Crippen LogP contribution is -2.16. The second kappa shape index (κ2) is 6.65. The summed E-state index contributed by atoms with van der Waals surface area (Å²) in [6, 6.07) is 17.7. The molecule has 0 fully saturated rings. The van der Waals surface area contributed by atoms with Gasteiger partial charge in [0.05, 0.1) is 28.4 Å². The molecule has 8 heteroatoms. The number of benzene rings is 2. The number of hydrogen-bond acceptors (Lipinski definition) is 5. The second-order valence-corrected chi connectivity index (χ2v) is 7.91. The van der Waals surface area contributed by atoms with Gasteiger partial charge in [-0.15, -0.1) is 0 Å². The molecule has 7 nitrogen and oxygen atoms in total. The van der Waals surface area contributed by atoms with E-state index in [1.807, 2.05) is 73.1 Å². The minimum Gasteiger partial charge on any atom is -0.420 e. The van der Waals surface area contributed by atoms with Gasteiger partial charge in [0.25, 0.3) is 0 Å². The molecule has 6 rings (SSSR count). The highest BCUT2D eigenvalue weighted by atomic mass is 35.5. The molecule has 0 aliphatic carbocycles. The third-order valence-corrected chi connectivity index (χ3v) is 5.89. The molecule has 0 saturated heterocycles. The van der Waals surface area contributed by atoms with E-state index in [0.29, 0.717) is 28.3 Å². The normalized spacial score (nSPS) is 14.9. The van der Waals surface area contributed by atoms with Gasteiger partial charge in [-0.3, -0.25) is 0 Å². The molecule has 3 aromatic heterocycles. The van der Waals surface area contributed by atoms with Gasteiger partial charge in [-0.2, -0.15) is 10.2 Å². The number of halogens is 1. The van der Waals surface area contributed by atoms with E-state index in [1.54, 1.807) is 10.8 Å².